The molecule has 0 spiro atoms. The van der Waals surface area contributed by atoms with Crippen LogP contribution in [0.3, 0.4) is 0 Å². The summed E-state index contributed by atoms with van der Waals surface area (Å²) in [5.41, 5.74) is 7.54. The van der Waals surface area contributed by atoms with E-state index >= 15 is 0 Å². The molecule has 2 aliphatic rings. The number of hydrogen-bond donors (Lipinski definition) is 1. The van der Waals surface area contributed by atoms with Crippen molar-refractivity contribution in [1.82, 2.24) is 4.98 Å². The maximum absolute atomic E-state index is 12.5. The Hall–Kier alpha value is -3.60. The molecular formula is C22H16N4O. The van der Waals surface area contributed by atoms with Crippen molar-refractivity contribution in [3.63, 3.8) is 0 Å². The number of aliphatic imine (C=N–C) groups is 2. The Bertz CT molecular complexity index is 1100. The normalized spacial score (nSPS) is 14.2. The van der Waals surface area contributed by atoms with Gasteiger partial charge in [-0.1, -0.05) is 24.3 Å². The van der Waals surface area contributed by atoms with E-state index in [1.54, 1.807) is 12.4 Å². The van der Waals surface area contributed by atoms with E-state index in [1.165, 1.54) is 5.56 Å². The Balaban J connectivity index is 1.43. The molecule has 0 saturated heterocycles. The molecule has 1 aromatic heterocycles. The molecule has 2 aliphatic heterocycles. The molecule has 0 bridgehead atoms. The van der Waals surface area contributed by atoms with Gasteiger partial charge in [0.05, 0.1) is 17.9 Å². The van der Waals surface area contributed by atoms with E-state index in [4.69, 9.17) is 0 Å². The standard InChI is InChI=1S/C22H16N4O/c27-22(25-17-4-2-1-3-5-17)20-11-15-10-16-13-24-21(14-6-8-23-9-7-14)18(16)12-19(15)26-20/h1-10,12H,11,13H2,(H,25,27). The van der Waals surface area contributed by atoms with E-state index < -0.39 is 0 Å². The minimum absolute atomic E-state index is 0.152. The van der Waals surface area contributed by atoms with Gasteiger partial charge >= 0.3 is 0 Å². The molecule has 0 unspecified atom stereocenters. The average Bonchev–Trinajstić information content (AvgIpc) is 3.31. The zero-order chi connectivity index (χ0) is 18.2. The van der Waals surface area contributed by atoms with Gasteiger partial charge in [-0.3, -0.25) is 14.8 Å². The van der Waals surface area contributed by atoms with Crippen molar-refractivity contribution in [2.24, 2.45) is 9.98 Å². The van der Waals surface area contributed by atoms with E-state index in [0.717, 1.165) is 33.8 Å². The van der Waals surface area contributed by atoms with Gasteiger partial charge in [-0.2, -0.15) is 0 Å². The van der Waals surface area contributed by atoms with Crippen LogP contribution in [0, 0.1) is 0 Å². The Kier molecular flexibility index (Phi) is 3.64. The van der Waals surface area contributed by atoms with Gasteiger partial charge in [0.1, 0.15) is 5.71 Å². The van der Waals surface area contributed by atoms with Crippen LogP contribution in [-0.4, -0.2) is 22.3 Å². The molecule has 0 fully saturated rings. The number of para-hydroxylation sites is 1. The Labute approximate surface area is 156 Å². The van der Waals surface area contributed by atoms with E-state index in [-0.39, 0.29) is 5.91 Å². The Morgan fingerprint density at radius 2 is 1.78 bits per heavy atom. The van der Waals surface area contributed by atoms with Crippen LogP contribution in [-0.2, 0) is 17.8 Å². The second kappa shape index (κ2) is 6.29. The third-order valence-electron chi connectivity index (χ3n) is 4.83. The van der Waals surface area contributed by atoms with Crippen LogP contribution in [0.25, 0.3) is 0 Å². The van der Waals surface area contributed by atoms with Crippen molar-refractivity contribution in [3.8, 4) is 0 Å². The van der Waals surface area contributed by atoms with Crippen molar-refractivity contribution in [1.29, 1.82) is 0 Å². The van der Waals surface area contributed by atoms with Crippen LogP contribution in [0.15, 0.2) is 77.0 Å². The molecule has 2 aromatic carbocycles. The van der Waals surface area contributed by atoms with Crippen LogP contribution >= 0.6 is 0 Å². The van der Waals surface area contributed by atoms with Crippen LogP contribution in [0.4, 0.5) is 11.4 Å². The number of aromatic nitrogens is 1. The monoisotopic (exact) mass is 352 g/mol. The quantitative estimate of drug-likeness (QED) is 0.781. The number of rotatable bonds is 3. The molecule has 1 amide bonds. The minimum Gasteiger partial charge on any atom is -0.321 e. The summed E-state index contributed by atoms with van der Waals surface area (Å²) in [6, 6.07) is 17.6. The highest BCUT2D eigenvalue weighted by molar-refractivity contribution is 6.44. The summed E-state index contributed by atoms with van der Waals surface area (Å²) in [6.45, 7) is 0.659. The van der Waals surface area contributed by atoms with Crippen LogP contribution in [0.5, 0.6) is 0 Å². The molecule has 130 valence electrons. The van der Waals surface area contributed by atoms with Gasteiger partial charge in [0.2, 0.25) is 0 Å². The molecule has 0 radical (unpaired) electrons. The summed E-state index contributed by atoms with van der Waals surface area (Å²) in [4.78, 5) is 25.9. The first-order valence-corrected chi connectivity index (χ1v) is 8.83. The molecule has 1 N–H and O–H groups in total. The first kappa shape index (κ1) is 15.6. The lowest BCUT2D eigenvalue weighted by Crippen LogP contribution is -2.22. The lowest BCUT2D eigenvalue weighted by Gasteiger charge is -2.06. The van der Waals surface area contributed by atoms with Gasteiger partial charge < -0.3 is 5.32 Å². The van der Waals surface area contributed by atoms with Gasteiger partial charge in [0.25, 0.3) is 5.91 Å². The molecule has 5 heteroatoms. The number of fused-ring (bicyclic) bond motifs is 2. The lowest BCUT2D eigenvalue weighted by molar-refractivity contribution is -0.110. The number of carbonyl (C=O) groups excluding carboxylic acids is 1. The van der Waals surface area contributed by atoms with Crippen molar-refractivity contribution in [2.45, 2.75) is 13.0 Å². The van der Waals surface area contributed by atoms with Crippen LogP contribution in [0.2, 0.25) is 0 Å². The van der Waals surface area contributed by atoms with Gasteiger partial charge in [0, 0.05) is 35.6 Å². The SMILES string of the molecule is O=C(Nc1ccccc1)C1=Nc2cc3c(cc2C1)CN=C3c1ccncc1. The summed E-state index contributed by atoms with van der Waals surface area (Å²) >= 11 is 0. The third kappa shape index (κ3) is 2.83. The molecule has 5 nitrogen and oxygen atoms in total. The van der Waals surface area contributed by atoms with E-state index in [9.17, 15) is 4.79 Å². The predicted molar refractivity (Wildman–Crippen MR) is 106 cm³/mol. The second-order valence-corrected chi connectivity index (χ2v) is 6.59. The summed E-state index contributed by atoms with van der Waals surface area (Å²) in [5.74, 6) is -0.152. The number of nitrogens with zero attached hydrogens (tertiary/aromatic N) is 3. The van der Waals surface area contributed by atoms with Crippen LogP contribution in [0.1, 0.15) is 22.3 Å². The fraction of sp³-hybridized carbons (Fsp3) is 0.0909. The second-order valence-electron chi connectivity index (χ2n) is 6.59. The maximum Gasteiger partial charge on any atom is 0.270 e. The third-order valence-corrected chi connectivity index (χ3v) is 4.83. The number of pyridine rings is 1. The average molecular weight is 352 g/mol. The highest BCUT2D eigenvalue weighted by Crippen LogP contribution is 2.34. The topological polar surface area (TPSA) is 66.7 Å². The van der Waals surface area contributed by atoms with Gasteiger partial charge in [-0.25, -0.2) is 4.99 Å². The van der Waals surface area contributed by atoms with Gasteiger partial charge in [0.15, 0.2) is 0 Å². The maximum atomic E-state index is 12.5. The molecule has 5 rings (SSSR count). The fourth-order valence-corrected chi connectivity index (χ4v) is 3.51. The first-order valence-electron chi connectivity index (χ1n) is 8.83. The molecular weight excluding hydrogens is 336 g/mol. The van der Waals surface area contributed by atoms with Crippen molar-refractivity contribution >= 4 is 28.7 Å². The molecule has 0 atom stereocenters. The molecule has 3 heterocycles. The summed E-state index contributed by atoms with van der Waals surface area (Å²) in [5, 5.41) is 2.91. The number of hydrogen-bond acceptors (Lipinski definition) is 4. The van der Waals surface area contributed by atoms with Crippen molar-refractivity contribution < 1.29 is 4.79 Å². The minimum atomic E-state index is -0.152. The van der Waals surface area contributed by atoms with Gasteiger partial charge in [-0.05, 0) is 41.5 Å². The first-order chi connectivity index (χ1) is 13.3. The largest absolute Gasteiger partial charge is 0.321 e. The smallest absolute Gasteiger partial charge is 0.270 e. The molecule has 0 saturated carbocycles. The van der Waals surface area contributed by atoms with Crippen molar-refractivity contribution in [2.75, 3.05) is 5.32 Å². The fourth-order valence-electron chi connectivity index (χ4n) is 3.51. The number of carbonyl (C=O) groups is 1. The van der Waals surface area contributed by atoms with E-state index in [2.05, 4.69) is 32.4 Å². The molecule has 27 heavy (non-hydrogen) atoms. The highest BCUT2D eigenvalue weighted by atomic mass is 16.1. The van der Waals surface area contributed by atoms with E-state index in [1.807, 2.05) is 42.5 Å². The number of amides is 1. The highest BCUT2D eigenvalue weighted by Gasteiger charge is 2.25. The number of nitrogens with one attached hydrogen (secondary N) is 1. The molecule has 0 aliphatic carbocycles. The van der Waals surface area contributed by atoms with E-state index in [0.29, 0.717) is 18.7 Å². The lowest BCUT2D eigenvalue weighted by atomic mass is 9.97. The van der Waals surface area contributed by atoms with Crippen LogP contribution < -0.4 is 5.32 Å². The predicted octanol–water partition coefficient (Wildman–Crippen LogP) is 3.70. The summed E-state index contributed by atoms with van der Waals surface area (Å²) in [6.07, 6.45) is 4.09. The molecule has 3 aromatic rings. The Morgan fingerprint density at radius 1 is 0.963 bits per heavy atom. The summed E-state index contributed by atoms with van der Waals surface area (Å²) < 4.78 is 0. The van der Waals surface area contributed by atoms with Gasteiger partial charge in [-0.15, -0.1) is 0 Å². The Morgan fingerprint density at radius 3 is 2.59 bits per heavy atom. The number of anilines is 1. The number of benzene rings is 2. The zero-order valence-electron chi connectivity index (χ0n) is 14.5. The van der Waals surface area contributed by atoms with Crippen molar-refractivity contribution in [3.05, 3.63) is 89.2 Å². The zero-order valence-corrected chi connectivity index (χ0v) is 14.5. The summed E-state index contributed by atoms with van der Waals surface area (Å²) in [7, 11) is 0.